The maximum Gasteiger partial charge on any atom is 0.311 e. The lowest BCUT2D eigenvalue weighted by Gasteiger charge is -2.29. The van der Waals surface area contributed by atoms with Gasteiger partial charge in [0.2, 0.25) is 0 Å². The maximum absolute atomic E-state index is 13.8. The molecule has 4 rings (SSSR count). The highest BCUT2D eigenvalue weighted by Gasteiger charge is 2.49. The molecule has 1 aromatic carbocycles. The minimum Gasteiger partial charge on any atom is -0.469 e. The molecule has 2 saturated carbocycles. The Balaban J connectivity index is 1.54. The molecule has 0 amide bonds. The molecule has 1 heterocycles. The van der Waals surface area contributed by atoms with E-state index in [2.05, 4.69) is 11.1 Å². The first kappa shape index (κ1) is 17.4. The van der Waals surface area contributed by atoms with E-state index in [-0.39, 0.29) is 11.8 Å². The smallest absolute Gasteiger partial charge is 0.311 e. The van der Waals surface area contributed by atoms with Crippen LogP contribution in [0.2, 0.25) is 0 Å². The molecule has 2 aliphatic rings. The number of esters is 1. The summed E-state index contributed by atoms with van der Waals surface area (Å²) in [5.74, 6) is 1.83. The van der Waals surface area contributed by atoms with Crippen molar-refractivity contribution >= 4 is 16.9 Å². The number of hydrogen-bond donors (Lipinski definition) is 0. The molecule has 4 heteroatoms. The predicted octanol–water partition coefficient (Wildman–Crippen LogP) is 5.09. The van der Waals surface area contributed by atoms with Crippen molar-refractivity contribution in [2.45, 2.75) is 45.4 Å². The second kappa shape index (κ2) is 6.33. The lowest BCUT2D eigenvalue weighted by molar-refractivity contribution is -0.154. The molecular formula is C22H26FNO2. The van der Waals surface area contributed by atoms with E-state index >= 15 is 0 Å². The van der Waals surface area contributed by atoms with Crippen LogP contribution >= 0.6 is 0 Å². The molecule has 2 fully saturated rings. The first-order valence-electron chi connectivity index (χ1n) is 9.52. The van der Waals surface area contributed by atoms with Crippen molar-refractivity contribution in [3.05, 3.63) is 41.8 Å². The highest BCUT2D eigenvalue weighted by atomic mass is 19.1. The van der Waals surface area contributed by atoms with Gasteiger partial charge in [-0.25, -0.2) is 4.39 Å². The Morgan fingerprint density at radius 2 is 1.85 bits per heavy atom. The molecule has 0 saturated heterocycles. The topological polar surface area (TPSA) is 39.2 Å². The second-order valence-corrected chi connectivity index (χ2v) is 8.63. The van der Waals surface area contributed by atoms with E-state index in [1.807, 2.05) is 20.0 Å². The molecule has 2 aliphatic carbocycles. The molecule has 26 heavy (non-hydrogen) atoms. The third-order valence-electron chi connectivity index (χ3n) is 6.92. The van der Waals surface area contributed by atoms with Crippen molar-refractivity contribution in [1.29, 1.82) is 0 Å². The van der Waals surface area contributed by atoms with Gasteiger partial charge in [0.1, 0.15) is 5.82 Å². The van der Waals surface area contributed by atoms with E-state index in [0.29, 0.717) is 23.7 Å². The molecule has 2 aromatic rings. The van der Waals surface area contributed by atoms with Crippen LogP contribution in [-0.4, -0.2) is 18.1 Å². The number of carbonyl (C=O) groups excluding carboxylic acids is 1. The predicted molar refractivity (Wildman–Crippen MR) is 99.2 cm³/mol. The van der Waals surface area contributed by atoms with Crippen molar-refractivity contribution in [2.75, 3.05) is 7.11 Å². The number of fused-ring (bicyclic) bond motifs is 2. The zero-order chi connectivity index (χ0) is 18.5. The molecule has 4 atom stereocenters. The number of methoxy groups -OCH3 is 1. The monoisotopic (exact) mass is 355 g/mol. The van der Waals surface area contributed by atoms with E-state index in [9.17, 15) is 9.18 Å². The fourth-order valence-corrected chi connectivity index (χ4v) is 5.39. The number of rotatable bonds is 3. The average Bonchev–Trinajstić information content (AvgIpc) is 3.19. The zero-order valence-corrected chi connectivity index (χ0v) is 15.7. The summed E-state index contributed by atoms with van der Waals surface area (Å²) in [5, 5.41) is 0.948. The van der Waals surface area contributed by atoms with Gasteiger partial charge in [-0.15, -0.1) is 0 Å². The third-order valence-corrected chi connectivity index (χ3v) is 6.92. The third kappa shape index (κ3) is 2.80. The van der Waals surface area contributed by atoms with E-state index in [1.165, 1.54) is 18.7 Å². The van der Waals surface area contributed by atoms with Crippen LogP contribution in [0.1, 0.15) is 51.0 Å². The van der Waals surface area contributed by atoms with Gasteiger partial charge in [0.05, 0.1) is 18.0 Å². The van der Waals surface area contributed by atoms with Crippen LogP contribution in [0, 0.1) is 29.0 Å². The molecular weight excluding hydrogens is 329 g/mol. The van der Waals surface area contributed by atoms with Gasteiger partial charge in [-0.05, 0) is 93.0 Å². The summed E-state index contributed by atoms with van der Waals surface area (Å²) in [7, 11) is 1.48. The van der Waals surface area contributed by atoms with Gasteiger partial charge in [-0.1, -0.05) is 0 Å². The SMILES string of the molecule is COC(=O)C(C)(C)C1C[C@H]2CC(c3ccnc4ccc(F)cc34)C[C@H]2C1. The van der Waals surface area contributed by atoms with Crippen LogP contribution in [0.25, 0.3) is 10.9 Å². The summed E-state index contributed by atoms with van der Waals surface area (Å²) in [4.78, 5) is 16.5. The van der Waals surface area contributed by atoms with Crippen LogP contribution < -0.4 is 0 Å². The summed E-state index contributed by atoms with van der Waals surface area (Å²) >= 11 is 0. The van der Waals surface area contributed by atoms with E-state index in [0.717, 1.165) is 36.6 Å². The fraction of sp³-hybridized carbons (Fsp3) is 0.545. The summed E-state index contributed by atoms with van der Waals surface area (Å²) < 4.78 is 18.8. The largest absolute Gasteiger partial charge is 0.469 e. The first-order valence-corrected chi connectivity index (χ1v) is 9.52. The summed E-state index contributed by atoms with van der Waals surface area (Å²) in [6, 6.07) is 6.92. The maximum atomic E-state index is 13.8. The molecule has 0 spiro atoms. The van der Waals surface area contributed by atoms with Crippen molar-refractivity contribution in [3.63, 3.8) is 0 Å². The van der Waals surface area contributed by atoms with Crippen molar-refractivity contribution in [2.24, 2.45) is 23.2 Å². The number of benzene rings is 1. The minimum atomic E-state index is -0.416. The average molecular weight is 355 g/mol. The summed E-state index contributed by atoms with van der Waals surface area (Å²) in [6.07, 6.45) is 6.25. The molecule has 0 bridgehead atoms. The first-order chi connectivity index (χ1) is 12.4. The minimum absolute atomic E-state index is 0.102. The van der Waals surface area contributed by atoms with Gasteiger partial charge in [-0.3, -0.25) is 9.78 Å². The zero-order valence-electron chi connectivity index (χ0n) is 15.7. The number of halogens is 1. The Labute approximate surface area is 154 Å². The molecule has 138 valence electrons. The number of ether oxygens (including phenoxy) is 1. The summed E-state index contributed by atoms with van der Waals surface area (Å²) in [6.45, 7) is 4.03. The number of aromatic nitrogens is 1. The molecule has 1 aromatic heterocycles. The van der Waals surface area contributed by atoms with Gasteiger partial charge >= 0.3 is 5.97 Å². The van der Waals surface area contributed by atoms with Crippen LogP contribution in [0.3, 0.4) is 0 Å². The molecule has 2 unspecified atom stereocenters. The fourth-order valence-electron chi connectivity index (χ4n) is 5.39. The van der Waals surface area contributed by atoms with Gasteiger partial charge in [0.25, 0.3) is 0 Å². The number of carbonyl (C=O) groups is 1. The molecule has 0 aliphatic heterocycles. The Morgan fingerprint density at radius 1 is 1.15 bits per heavy atom. The second-order valence-electron chi connectivity index (χ2n) is 8.63. The number of nitrogens with zero attached hydrogens (tertiary/aromatic N) is 1. The number of hydrogen-bond acceptors (Lipinski definition) is 3. The standard InChI is InChI=1S/C22H26FNO2/c1-22(2,21(25)26-3)16-10-13-8-15(9-14(13)11-16)18-6-7-24-20-5-4-17(23)12-19(18)20/h4-7,12-16H,8-11H2,1-3H3/t13-,14+,15?,16?. The van der Waals surface area contributed by atoms with Crippen LogP contribution in [-0.2, 0) is 9.53 Å². The summed E-state index contributed by atoms with van der Waals surface area (Å²) in [5.41, 5.74) is 1.68. The lowest BCUT2D eigenvalue weighted by Crippen LogP contribution is -2.33. The quantitative estimate of drug-likeness (QED) is 0.720. The van der Waals surface area contributed by atoms with Crippen LogP contribution in [0.4, 0.5) is 4.39 Å². The lowest BCUT2D eigenvalue weighted by atomic mass is 9.76. The van der Waals surface area contributed by atoms with Crippen LogP contribution in [0.15, 0.2) is 30.5 Å². The van der Waals surface area contributed by atoms with Gasteiger partial charge < -0.3 is 4.74 Å². The Morgan fingerprint density at radius 3 is 2.50 bits per heavy atom. The Hall–Kier alpha value is -1.97. The Kier molecular flexibility index (Phi) is 4.25. The highest BCUT2D eigenvalue weighted by Crippen LogP contribution is 2.56. The van der Waals surface area contributed by atoms with Gasteiger partial charge in [-0.2, -0.15) is 0 Å². The Bertz CT molecular complexity index is 833. The molecule has 3 nitrogen and oxygen atoms in total. The van der Waals surface area contributed by atoms with Crippen molar-refractivity contribution in [1.82, 2.24) is 4.98 Å². The van der Waals surface area contributed by atoms with Crippen molar-refractivity contribution in [3.8, 4) is 0 Å². The highest BCUT2D eigenvalue weighted by molar-refractivity contribution is 5.82. The number of pyridine rings is 1. The van der Waals surface area contributed by atoms with E-state index < -0.39 is 5.41 Å². The van der Waals surface area contributed by atoms with E-state index in [1.54, 1.807) is 12.1 Å². The van der Waals surface area contributed by atoms with Gasteiger partial charge in [0.15, 0.2) is 0 Å². The van der Waals surface area contributed by atoms with Gasteiger partial charge in [0, 0.05) is 11.6 Å². The van der Waals surface area contributed by atoms with Crippen LogP contribution in [0.5, 0.6) is 0 Å². The molecule has 0 radical (unpaired) electrons. The van der Waals surface area contributed by atoms with Crippen molar-refractivity contribution < 1.29 is 13.9 Å². The molecule has 0 N–H and O–H groups in total. The normalized spacial score (nSPS) is 28.3. The van der Waals surface area contributed by atoms with E-state index in [4.69, 9.17) is 4.74 Å².